The van der Waals surface area contributed by atoms with E-state index in [-0.39, 0.29) is 0 Å². The molecule has 0 aliphatic carbocycles. The zero-order valence-electron chi connectivity index (χ0n) is 7.94. The first-order valence-corrected chi connectivity index (χ1v) is 4.79. The third-order valence-electron chi connectivity index (χ3n) is 2.46. The second-order valence-electron chi connectivity index (χ2n) is 3.43. The molecule has 0 atom stereocenters. The van der Waals surface area contributed by atoms with Gasteiger partial charge < -0.3 is 10.6 Å². The maximum atomic E-state index is 11.1. The highest BCUT2D eigenvalue weighted by molar-refractivity contribution is 5.97. The van der Waals surface area contributed by atoms with Crippen LogP contribution < -0.4 is 10.6 Å². The first-order chi connectivity index (χ1) is 6.79. The standard InChI is InChI=1S/C10H13N3O/c11-9(14)8-4-3-5-12-10(8)13-6-1-2-7-13/h3-5H,1-2,6-7H2,(H2,11,14). The molecule has 74 valence electrons. The van der Waals surface area contributed by atoms with Crippen LogP contribution in [0.1, 0.15) is 23.2 Å². The normalized spacial score (nSPS) is 15.9. The SMILES string of the molecule is NC(=O)c1cccnc1N1CCCC1. The molecule has 0 spiro atoms. The third kappa shape index (κ3) is 1.55. The van der Waals surface area contributed by atoms with Crippen LogP contribution >= 0.6 is 0 Å². The van der Waals surface area contributed by atoms with Crippen LogP contribution in [-0.4, -0.2) is 24.0 Å². The molecule has 4 nitrogen and oxygen atoms in total. The van der Waals surface area contributed by atoms with Gasteiger partial charge in [0.05, 0.1) is 5.56 Å². The minimum absolute atomic E-state index is 0.403. The Balaban J connectivity index is 2.35. The first-order valence-electron chi connectivity index (χ1n) is 4.79. The number of hydrogen-bond acceptors (Lipinski definition) is 3. The van der Waals surface area contributed by atoms with Crippen molar-refractivity contribution in [3.05, 3.63) is 23.9 Å². The fraction of sp³-hybridized carbons (Fsp3) is 0.400. The second kappa shape index (κ2) is 3.65. The molecule has 0 radical (unpaired) electrons. The Labute approximate surface area is 82.7 Å². The molecule has 0 saturated carbocycles. The van der Waals surface area contributed by atoms with Crippen LogP contribution in [0.3, 0.4) is 0 Å². The van der Waals surface area contributed by atoms with E-state index in [1.807, 2.05) is 0 Å². The van der Waals surface area contributed by atoms with Crippen molar-refractivity contribution < 1.29 is 4.79 Å². The van der Waals surface area contributed by atoms with Crippen molar-refractivity contribution in [3.8, 4) is 0 Å². The smallest absolute Gasteiger partial charge is 0.252 e. The van der Waals surface area contributed by atoms with Crippen LogP contribution in [0, 0.1) is 0 Å². The molecule has 1 fully saturated rings. The molecule has 1 aliphatic rings. The Bertz CT molecular complexity index is 345. The zero-order valence-corrected chi connectivity index (χ0v) is 7.94. The predicted molar refractivity (Wildman–Crippen MR) is 54.2 cm³/mol. The van der Waals surface area contributed by atoms with Gasteiger partial charge in [0.25, 0.3) is 5.91 Å². The van der Waals surface area contributed by atoms with Crippen LogP contribution in [0.5, 0.6) is 0 Å². The maximum absolute atomic E-state index is 11.1. The summed E-state index contributed by atoms with van der Waals surface area (Å²) in [5.41, 5.74) is 5.80. The molecule has 1 amide bonds. The van der Waals surface area contributed by atoms with E-state index in [1.165, 1.54) is 0 Å². The fourth-order valence-corrected chi connectivity index (χ4v) is 1.77. The number of nitrogens with two attached hydrogens (primary N) is 1. The van der Waals surface area contributed by atoms with Crippen LogP contribution in [-0.2, 0) is 0 Å². The highest BCUT2D eigenvalue weighted by Gasteiger charge is 2.18. The third-order valence-corrected chi connectivity index (χ3v) is 2.46. The number of rotatable bonds is 2. The summed E-state index contributed by atoms with van der Waals surface area (Å²) in [5.74, 6) is 0.331. The van der Waals surface area contributed by atoms with Gasteiger partial charge in [0.1, 0.15) is 5.82 Å². The number of amides is 1. The number of nitrogens with zero attached hydrogens (tertiary/aromatic N) is 2. The number of anilines is 1. The van der Waals surface area contributed by atoms with Gasteiger partial charge in [-0.15, -0.1) is 0 Å². The van der Waals surface area contributed by atoms with Gasteiger partial charge >= 0.3 is 0 Å². The minimum atomic E-state index is -0.403. The van der Waals surface area contributed by atoms with Gasteiger partial charge in [0, 0.05) is 19.3 Å². The van der Waals surface area contributed by atoms with E-state index >= 15 is 0 Å². The van der Waals surface area contributed by atoms with Crippen LogP contribution in [0.4, 0.5) is 5.82 Å². The van der Waals surface area contributed by atoms with Crippen LogP contribution in [0.25, 0.3) is 0 Å². The summed E-state index contributed by atoms with van der Waals surface area (Å²) in [5, 5.41) is 0. The zero-order chi connectivity index (χ0) is 9.97. The molecule has 0 aromatic carbocycles. The van der Waals surface area contributed by atoms with E-state index in [0.29, 0.717) is 5.56 Å². The molecule has 4 heteroatoms. The Morgan fingerprint density at radius 3 is 2.79 bits per heavy atom. The molecule has 1 aromatic rings. The molecular formula is C10H13N3O. The number of carbonyl (C=O) groups is 1. The molecule has 1 saturated heterocycles. The summed E-state index contributed by atoms with van der Waals surface area (Å²) in [7, 11) is 0. The van der Waals surface area contributed by atoms with Gasteiger partial charge in [-0.1, -0.05) is 0 Å². The van der Waals surface area contributed by atoms with Crippen molar-refractivity contribution in [2.45, 2.75) is 12.8 Å². The molecule has 14 heavy (non-hydrogen) atoms. The van der Waals surface area contributed by atoms with E-state index in [9.17, 15) is 4.79 Å². The average molecular weight is 191 g/mol. The van der Waals surface area contributed by atoms with Crippen molar-refractivity contribution in [1.29, 1.82) is 0 Å². The Hall–Kier alpha value is -1.58. The van der Waals surface area contributed by atoms with E-state index < -0.39 is 5.91 Å². The number of hydrogen-bond donors (Lipinski definition) is 1. The Kier molecular flexibility index (Phi) is 2.35. The van der Waals surface area contributed by atoms with E-state index in [2.05, 4.69) is 9.88 Å². The highest BCUT2D eigenvalue weighted by Crippen LogP contribution is 2.21. The lowest BCUT2D eigenvalue weighted by molar-refractivity contribution is 0.100. The lowest BCUT2D eigenvalue weighted by Crippen LogP contribution is -2.24. The van der Waals surface area contributed by atoms with Crippen molar-refractivity contribution in [2.24, 2.45) is 5.73 Å². The van der Waals surface area contributed by atoms with Crippen LogP contribution in [0.2, 0.25) is 0 Å². The van der Waals surface area contributed by atoms with Gasteiger partial charge in [0.15, 0.2) is 0 Å². The minimum Gasteiger partial charge on any atom is -0.365 e. The van der Waals surface area contributed by atoms with Gasteiger partial charge in [-0.2, -0.15) is 0 Å². The lowest BCUT2D eigenvalue weighted by atomic mass is 10.2. The average Bonchev–Trinajstić information content (AvgIpc) is 2.70. The van der Waals surface area contributed by atoms with Crippen molar-refractivity contribution in [3.63, 3.8) is 0 Å². The quantitative estimate of drug-likeness (QED) is 0.751. The highest BCUT2D eigenvalue weighted by atomic mass is 16.1. The number of aromatic nitrogens is 1. The summed E-state index contributed by atoms with van der Waals surface area (Å²) in [6.07, 6.45) is 4.02. The predicted octanol–water partition coefficient (Wildman–Crippen LogP) is 0.781. The van der Waals surface area contributed by atoms with Gasteiger partial charge in [-0.3, -0.25) is 4.79 Å². The monoisotopic (exact) mass is 191 g/mol. The van der Waals surface area contributed by atoms with Gasteiger partial charge in [-0.25, -0.2) is 4.98 Å². The largest absolute Gasteiger partial charge is 0.365 e. The molecular weight excluding hydrogens is 178 g/mol. The van der Waals surface area contributed by atoms with E-state index in [1.54, 1.807) is 18.3 Å². The Morgan fingerprint density at radius 2 is 2.14 bits per heavy atom. The first kappa shape index (κ1) is 8.99. The second-order valence-corrected chi connectivity index (χ2v) is 3.43. The molecule has 1 aromatic heterocycles. The van der Waals surface area contributed by atoms with Gasteiger partial charge in [-0.05, 0) is 25.0 Å². The lowest BCUT2D eigenvalue weighted by Gasteiger charge is -2.18. The summed E-state index contributed by atoms with van der Waals surface area (Å²) in [6, 6.07) is 3.46. The molecule has 2 heterocycles. The van der Waals surface area contributed by atoms with E-state index in [4.69, 9.17) is 5.73 Å². The summed E-state index contributed by atoms with van der Waals surface area (Å²) in [6.45, 7) is 1.94. The summed E-state index contributed by atoms with van der Waals surface area (Å²) < 4.78 is 0. The Morgan fingerprint density at radius 1 is 1.43 bits per heavy atom. The van der Waals surface area contributed by atoms with Crippen molar-refractivity contribution in [1.82, 2.24) is 4.98 Å². The van der Waals surface area contributed by atoms with Crippen LogP contribution in [0.15, 0.2) is 18.3 Å². The number of carbonyl (C=O) groups excluding carboxylic acids is 1. The summed E-state index contributed by atoms with van der Waals surface area (Å²) >= 11 is 0. The van der Waals surface area contributed by atoms with Crippen molar-refractivity contribution in [2.75, 3.05) is 18.0 Å². The topological polar surface area (TPSA) is 59.2 Å². The van der Waals surface area contributed by atoms with Crippen molar-refractivity contribution >= 4 is 11.7 Å². The molecule has 0 bridgehead atoms. The van der Waals surface area contributed by atoms with E-state index in [0.717, 1.165) is 31.7 Å². The molecule has 2 rings (SSSR count). The number of primary amides is 1. The van der Waals surface area contributed by atoms with Gasteiger partial charge in [0.2, 0.25) is 0 Å². The maximum Gasteiger partial charge on any atom is 0.252 e. The molecule has 2 N–H and O–H groups in total. The fourth-order valence-electron chi connectivity index (χ4n) is 1.77. The molecule has 1 aliphatic heterocycles. The number of pyridine rings is 1. The summed E-state index contributed by atoms with van der Waals surface area (Å²) in [4.78, 5) is 17.5. The molecule has 0 unspecified atom stereocenters.